The van der Waals surface area contributed by atoms with E-state index in [1.165, 1.54) is 12.1 Å². The Bertz CT molecular complexity index is 862. The minimum absolute atomic E-state index is 0.104. The van der Waals surface area contributed by atoms with Crippen molar-refractivity contribution in [1.82, 2.24) is 0 Å². The maximum atomic E-state index is 11.2. The smallest absolute Gasteiger partial charge is 0.271 e. The molecule has 0 heterocycles. The lowest BCUT2D eigenvalue weighted by molar-refractivity contribution is -0.393. The summed E-state index contributed by atoms with van der Waals surface area (Å²) in [5.41, 5.74) is 5.88. The fraction of sp³-hybridized carbons (Fsp3) is 0.235. The van der Waals surface area contributed by atoms with Crippen LogP contribution in [0.4, 0.5) is 17.1 Å². The first-order chi connectivity index (χ1) is 11.8. The average molecular weight is 342 g/mol. The number of benzene rings is 2. The quantitative estimate of drug-likeness (QED) is 0.477. The van der Waals surface area contributed by atoms with Gasteiger partial charge < -0.3 is 0 Å². The van der Waals surface area contributed by atoms with Crippen molar-refractivity contribution in [1.29, 1.82) is 0 Å². The zero-order valence-electron chi connectivity index (χ0n) is 14.1. The van der Waals surface area contributed by atoms with Gasteiger partial charge in [-0.1, -0.05) is 24.6 Å². The van der Waals surface area contributed by atoms with Crippen molar-refractivity contribution < 1.29 is 9.85 Å². The van der Waals surface area contributed by atoms with Crippen molar-refractivity contribution in [2.24, 2.45) is 5.10 Å². The summed E-state index contributed by atoms with van der Waals surface area (Å²) in [6.07, 6.45) is 0.623. The zero-order valence-corrected chi connectivity index (χ0v) is 14.1. The van der Waals surface area contributed by atoms with Crippen LogP contribution >= 0.6 is 0 Å². The van der Waals surface area contributed by atoms with Gasteiger partial charge in [0.2, 0.25) is 0 Å². The number of aryl methyl sites for hydroxylation is 2. The van der Waals surface area contributed by atoms with Crippen LogP contribution in [0.25, 0.3) is 0 Å². The fourth-order valence-electron chi connectivity index (χ4n) is 2.38. The Hall–Kier alpha value is -3.29. The van der Waals surface area contributed by atoms with Gasteiger partial charge in [-0.25, -0.2) is 0 Å². The van der Waals surface area contributed by atoms with Crippen molar-refractivity contribution in [3.8, 4) is 0 Å². The van der Waals surface area contributed by atoms with Crippen LogP contribution in [0.15, 0.2) is 41.5 Å². The second-order valence-electron chi connectivity index (χ2n) is 5.56. The van der Waals surface area contributed by atoms with Gasteiger partial charge in [-0.15, -0.1) is 0 Å². The number of non-ortho nitro benzene ring substituents is 1. The molecular weight excluding hydrogens is 324 g/mol. The number of hydrogen-bond donors (Lipinski definition) is 1. The molecule has 0 amide bonds. The topological polar surface area (TPSA) is 111 Å². The lowest BCUT2D eigenvalue weighted by Crippen LogP contribution is -2.06. The minimum atomic E-state index is -0.673. The first-order valence-corrected chi connectivity index (χ1v) is 7.66. The van der Waals surface area contributed by atoms with Crippen molar-refractivity contribution in [3.63, 3.8) is 0 Å². The van der Waals surface area contributed by atoms with Crippen LogP contribution in [0, 0.1) is 34.1 Å². The molecule has 2 aromatic rings. The molecule has 0 unspecified atom stereocenters. The summed E-state index contributed by atoms with van der Waals surface area (Å²) >= 11 is 0. The number of nitro benzene ring substituents is 2. The third-order valence-corrected chi connectivity index (χ3v) is 3.74. The monoisotopic (exact) mass is 342 g/mol. The third kappa shape index (κ3) is 4.17. The molecule has 0 radical (unpaired) electrons. The largest absolute Gasteiger partial charge is 0.301 e. The third-order valence-electron chi connectivity index (χ3n) is 3.74. The summed E-state index contributed by atoms with van der Waals surface area (Å²) in [6, 6.07) is 9.40. The second kappa shape index (κ2) is 7.52. The molecule has 130 valence electrons. The van der Waals surface area contributed by atoms with E-state index in [2.05, 4.69) is 10.5 Å². The van der Waals surface area contributed by atoms with Gasteiger partial charge in [-0.2, -0.15) is 5.10 Å². The lowest BCUT2D eigenvalue weighted by Gasteiger charge is -2.10. The molecule has 2 aromatic carbocycles. The van der Waals surface area contributed by atoms with Crippen LogP contribution < -0.4 is 5.43 Å². The van der Waals surface area contributed by atoms with Gasteiger partial charge in [-0.05, 0) is 38.0 Å². The molecule has 0 atom stereocenters. The van der Waals surface area contributed by atoms with E-state index in [4.69, 9.17) is 0 Å². The summed E-state index contributed by atoms with van der Waals surface area (Å²) in [4.78, 5) is 20.6. The first-order valence-electron chi connectivity index (χ1n) is 7.66. The number of nitrogens with zero attached hydrogens (tertiary/aromatic N) is 3. The van der Waals surface area contributed by atoms with Gasteiger partial charge in [0.05, 0.1) is 21.6 Å². The van der Waals surface area contributed by atoms with E-state index in [0.29, 0.717) is 6.42 Å². The zero-order chi connectivity index (χ0) is 18.6. The van der Waals surface area contributed by atoms with Gasteiger partial charge in [0.1, 0.15) is 5.69 Å². The molecule has 0 aliphatic rings. The van der Waals surface area contributed by atoms with Crippen molar-refractivity contribution in [2.75, 3.05) is 5.43 Å². The molecule has 25 heavy (non-hydrogen) atoms. The normalized spacial score (nSPS) is 11.2. The molecule has 8 nitrogen and oxygen atoms in total. The van der Waals surface area contributed by atoms with Crippen LogP contribution in [-0.2, 0) is 0 Å². The maximum absolute atomic E-state index is 11.2. The lowest BCUT2D eigenvalue weighted by atomic mass is 10.00. The average Bonchev–Trinajstić information content (AvgIpc) is 2.58. The second-order valence-corrected chi connectivity index (χ2v) is 5.56. The summed E-state index contributed by atoms with van der Waals surface area (Å²) in [5, 5.41) is 26.3. The van der Waals surface area contributed by atoms with Crippen LogP contribution in [0.5, 0.6) is 0 Å². The molecule has 0 fully saturated rings. The standard InChI is InChI=1S/C17H18N4O4/c1-4-15(14-9-11(2)5-6-12(14)3)18-19-16-8-7-13(20(22)23)10-17(16)21(24)25/h5-10,19H,4H2,1-3H3. The summed E-state index contributed by atoms with van der Waals surface area (Å²) in [5.74, 6) is 0. The summed E-state index contributed by atoms with van der Waals surface area (Å²) in [7, 11) is 0. The number of rotatable bonds is 6. The predicted molar refractivity (Wildman–Crippen MR) is 96.1 cm³/mol. The number of nitro groups is 2. The number of hydrogen-bond acceptors (Lipinski definition) is 6. The fourth-order valence-corrected chi connectivity index (χ4v) is 2.38. The van der Waals surface area contributed by atoms with E-state index in [9.17, 15) is 20.2 Å². The van der Waals surface area contributed by atoms with E-state index in [-0.39, 0.29) is 11.4 Å². The molecule has 0 aromatic heterocycles. The highest BCUT2D eigenvalue weighted by Gasteiger charge is 2.19. The Balaban J connectivity index is 2.40. The molecule has 0 bridgehead atoms. The van der Waals surface area contributed by atoms with E-state index >= 15 is 0 Å². The van der Waals surface area contributed by atoms with E-state index < -0.39 is 15.5 Å². The minimum Gasteiger partial charge on any atom is -0.271 e. The highest BCUT2D eigenvalue weighted by molar-refractivity contribution is 6.02. The molecule has 0 spiro atoms. The Morgan fingerprint density at radius 3 is 2.40 bits per heavy atom. The van der Waals surface area contributed by atoms with Crippen LogP contribution in [0.1, 0.15) is 30.0 Å². The van der Waals surface area contributed by atoms with Gasteiger partial charge in [0.25, 0.3) is 5.69 Å². The van der Waals surface area contributed by atoms with Gasteiger partial charge in [-0.3, -0.25) is 25.7 Å². The molecule has 0 aliphatic carbocycles. The predicted octanol–water partition coefficient (Wildman–Crippen LogP) is 4.35. The van der Waals surface area contributed by atoms with Crippen molar-refractivity contribution in [3.05, 3.63) is 73.3 Å². The number of nitrogens with one attached hydrogen (secondary N) is 1. The maximum Gasteiger partial charge on any atom is 0.301 e. The van der Waals surface area contributed by atoms with Gasteiger partial charge >= 0.3 is 5.69 Å². The molecule has 1 N–H and O–H groups in total. The van der Waals surface area contributed by atoms with Gasteiger partial charge in [0.15, 0.2) is 0 Å². The van der Waals surface area contributed by atoms with E-state index in [1.807, 2.05) is 39.0 Å². The summed E-state index contributed by atoms with van der Waals surface area (Å²) in [6.45, 7) is 5.88. The molecule has 8 heteroatoms. The molecule has 0 saturated heterocycles. The van der Waals surface area contributed by atoms with Crippen LogP contribution in [0.3, 0.4) is 0 Å². The van der Waals surface area contributed by atoms with Crippen molar-refractivity contribution >= 4 is 22.8 Å². The SMILES string of the molecule is CCC(=NNc1ccc([N+](=O)[O-])cc1[N+](=O)[O-])c1cc(C)ccc1C. The molecule has 0 aliphatic heterocycles. The Kier molecular flexibility index (Phi) is 5.43. The Morgan fingerprint density at radius 2 is 1.80 bits per heavy atom. The molecular formula is C17H18N4O4. The molecule has 2 rings (SSSR count). The summed E-state index contributed by atoms with van der Waals surface area (Å²) < 4.78 is 0. The van der Waals surface area contributed by atoms with Crippen molar-refractivity contribution in [2.45, 2.75) is 27.2 Å². The highest BCUT2D eigenvalue weighted by atomic mass is 16.6. The number of hydrazone groups is 1. The molecule has 0 saturated carbocycles. The highest BCUT2D eigenvalue weighted by Crippen LogP contribution is 2.29. The van der Waals surface area contributed by atoms with E-state index in [1.54, 1.807) is 0 Å². The van der Waals surface area contributed by atoms with Crippen LogP contribution in [-0.4, -0.2) is 15.6 Å². The Labute approximate surface area is 144 Å². The first kappa shape index (κ1) is 18.1. The number of anilines is 1. The van der Waals surface area contributed by atoms with Gasteiger partial charge in [0, 0.05) is 11.6 Å². The van der Waals surface area contributed by atoms with E-state index in [0.717, 1.165) is 28.5 Å². The Morgan fingerprint density at radius 1 is 1.08 bits per heavy atom. The van der Waals surface area contributed by atoms with Crippen LogP contribution in [0.2, 0.25) is 0 Å².